The molecule has 2 fully saturated rings. The molecule has 1 saturated carbocycles. The molecule has 2 unspecified atom stereocenters. The number of carbonyl (C=O) groups excluding carboxylic acids is 1. The molecule has 2 N–H and O–H groups in total. The van der Waals surface area contributed by atoms with Gasteiger partial charge in [-0.3, -0.25) is 4.79 Å². The Morgan fingerprint density at radius 2 is 1.85 bits per heavy atom. The molecule has 2 atom stereocenters. The van der Waals surface area contributed by atoms with Gasteiger partial charge in [0.05, 0.1) is 5.56 Å². The van der Waals surface area contributed by atoms with E-state index in [0.717, 1.165) is 37.8 Å². The van der Waals surface area contributed by atoms with Crippen molar-refractivity contribution in [1.29, 1.82) is 0 Å². The van der Waals surface area contributed by atoms with Crippen LogP contribution in [0, 0.1) is 17.6 Å². The number of carbonyl (C=O) groups is 1. The van der Waals surface area contributed by atoms with Crippen LogP contribution in [0.25, 0.3) is 0 Å². The van der Waals surface area contributed by atoms with Crippen molar-refractivity contribution in [3.8, 4) is 0 Å². The SMILES string of the molecule is Nc1cc(F)c(F)cc1C(=O)N1CCC2CCCCC21. The Kier molecular flexibility index (Phi) is 3.36. The predicted molar refractivity (Wildman–Crippen MR) is 72.2 cm³/mol. The molecule has 0 bridgehead atoms. The zero-order valence-corrected chi connectivity index (χ0v) is 11.2. The molecule has 2 aliphatic rings. The normalized spacial score (nSPS) is 25.6. The fourth-order valence-corrected chi connectivity index (χ4v) is 3.56. The van der Waals surface area contributed by atoms with E-state index in [1.807, 2.05) is 0 Å². The molecule has 0 spiro atoms. The van der Waals surface area contributed by atoms with Crippen LogP contribution in [0.5, 0.6) is 0 Å². The minimum Gasteiger partial charge on any atom is -0.398 e. The molecule has 0 radical (unpaired) electrons. The summed E-state index contributed by atoms with van der Waals surface area (Å²) in [6.07, 6.45) is 5.50. The van der Waals surface area contributed by atoms with E-state index < -0.39 is 11.6 Å². The third-order valence-electron chi connectivity index (χ3n) is 4.59. The van der Waals surface area contributed by atoms with E-state index in [4.69, 9.17) is 5.73 Å². The summed E-state index contributed by atoms with van der Waals surface area (Å²) in [6.45, 7) is 0.687. The van der Waals surface area contributed by atoms with E-state index >= 15 is 0 Å². The van der Waals surface area contributed by atoms with Crippen molar-refractivity contribution in [1.82, 2.24) is 4.90 Å². The molecule has 20 heavy (non-hydrogen) atoms. The van der Waals surface area contributed by atoms with Crippen molar-refractivity contribution >= 4 is 11.6 Å². The van der Waals surface area contributed by atoms with Crippen LogP contribution in [-0.4, -0.2) is 23.4 Å². The summed E-state index contributed by atoms with van der Waals surface area (Å²) < 4.78 is 26.4. The summed E-state index contributed by atoms with van der Waals surface area (Å²) >= 11 is 0. The lowest BCUT2D eigenvalue weighted by atomic mass is 9.85. The number of hydrogen-bond donors (Lipinski definition) is 1. The molecule has 1 saturated heterocycles. The van der Waals surface area contributed by atoms with E-state index in [1.165, 1.54) is 6.42 Å². The zero-order chi connectivity index (χ0) is 14.3. The van der Waals surface area contributed by atoms with Crippen molar-refractivity contribution in [3.05, 3.63) is 29.3 Å². The van der Waals surface area contributed by atoms with Gasteiger partial charge in [0.2, 0.25) is 0 Å². The van der Waals surface area contributed by atoms with E-state index in [1.54, 1.807) is 4.90 Å². The summed E-state index contributed by atoms with van der Waals surface area (Å²) in [7, 11) is 0. The van der Waals surface area contributed by atoms with Gasteiger partial charge in [-0.15, -0.1) is 0 Å². The van der Waals surface area contributed by atoms with E-state index in [-0.39, 0.29) is 23.2 Å². The van der Waals surface area contributed by atoms with Crippen LogP contribution >= 0.6 is 0 Å². The van der Waals surface area contributed by atoms with Crippen molar-refractivity contribution in [2.75, 3.05) is 12.3 Å². The first-order chi connectivity index (χ1) is 9.58. The molecule has 1 amide bonds. The summed E-state index contributed by atoms with van der Waals surface area (Å²) in [4.78, 5) is 14.3. The molecular formula is C15H18F2N2O. The smallest absolute Gasteiger partial charge is 0.256 e. The van der Waals surface area contributed by atoms with Crippen LogP contribution in [-0.2, 0) is 0 Å². The number of benzene rings is 1. The zero-order valence-electron chi connectivity index (χ0n) is 11.2. The summed E-state index contributed by atoms with van der Waals surface area (Å²) in [5.41, 5.74) is 5.76. The van der Waals surface area contributed by atoms with E-state index in [0.29, 0.717) is 12.5 Å². The van der Waals surface area contributed by atoms with Gasteiger partial charge >= 0.3 is 0 Å². The van der Waals surface area contributed by atoms with Crippen molar-refractivity contribution in [3.63, 3.8) is 0 Å². The number of nitrogens with zero attached hydrogens (tertiary/aromatic N) is 1. The highest BCUT2D eigenvalue weighted by atomic mass is 19.2. The lowest BCUT2D eigenvalue weighted by molar-refractivity contribution is 0.0690. The number of likely N-dealkylation sites (tertiary alicyclic amines) is 1. The number of rotatable bonds is 1. The first-order valence-electron chi connectivity index (χ1n) is 7.13. The Bertz CT molecular complexity index is 547. The van der Waals surface area contributed by atoms with Gasteiger partial charge in [-0.2, -0.15) is 0 Å². The second-order valence-electron chi connectivity index (χ2n) is 5.75. The second-order valence-corrected chi connectivity index (χ2v) is 5.75. The second kappa shape index (κ2) is 5.04. The maximum atomic E-state index is 13.3. The van der Waals surface area contributed by atoms with Crippen LogP contribution in [0.1, 0.15) is 42.5 Å². The standard InChI is InChI=1S/C15H18F2N2O/c16-11-7-10(13(18)8-12(11)17)15(20)19-6-5-9-3-1-2-4-14(9)19/h7-9,14H,1-6,18H2. The van der Waals surface area contributed by atoms with Gasteiger partial charge in [-0.25, -0.2) is 8.78 Å². The quantitative estimate of drug-likeness (QED) is 0.804. The lowest BCUT2D eigenvalue weighted by Gasteiger charge is -2.32. The minimum atomic E-state index is -1.03. The molecule has 1 aromatic rings. The Morgan fingerprint density at radius 1 is 1.15 bits per heavy atom. The third-order valence-corrected chi connectivity index (χ3v) is 4.59. The monoisotopic (exact) mass is 280 g/mol. The highest BCUT2D eigenvalue weighted by Crippen LogP contribution is 2.37. The van der Waals surface area contributed by atoms with Gasteiger partial charge in [0.15, 0.2) is 11.6 Å². The van der Waals surface area contributed by atoms with Crippen LogP contribution < -0.4 is 5.73 Å². The Morgan fingerprint density at radius 3 is 2.65 bits per heavy atom. The molecule has 1 aliphatic heterocycles. The maximum absolute atomic E-state index is 13.3. The number of anilines is 1. The van der Waals surface area contributed by atoms with Gasteiger partial charge in [-0.1, -0.05) is 12.8 Å². The number of nitrogens with two attached hydrogens (primary N) is 1. The molecule has 1 aromatic carbocycles. The first kappa shape index (κ1) is 13.3. The molecule has 108 valence electrons. The Labute approximate surface area is 116 Å². The van der Waals surface area contributed by atoms with Crippen LogP contribution in [0.4, 0.5) is 14.5 Å². The van der Waals surface area contributed by atoms with Crippen LogP contribution in [0.15, 0.2) is 12.1 Å². The number of hydrogen-bond acceptors (Lipinski definition) is 2. The summed E-state index contributed by atoms with van der Waals surface area (Å²) in [6, 6.07) is 2.05. The first-order valence-corrected chi connectivity index (χ1v) is 7.13. The fraction of sp³-hybridized carbons (Fsp3) is 0.533. The molecule has 0 aromatic heterocycles. The molecular weight excluding hydrogens is 262 g/mol. The number of nitrogen functional groups attached to an aromatic ring is 1. The largest absolute Gasteiger partial charge is 0.398 e. The molecule has 3 nitrogen and oxygen atoms in total. The van der Waals surface area contributed by atoms with E-state index in [2.05, 4.69) is 0 Å². The van der Waals surface area contributed by atoms with Crippen LogP contribution in [0.2, 0.25) is 0 Å². The fourth-order valence-electron chi connectivity index (χ4n) is 3.56. The number of halogens is 2. The van der Waals surface area contributed by atoms with Crippen molar-refractivity contribution in [2.45, 2.75) is 38.1 Å². The predicted octanol–water partition coefficient (Wildman–Crippen LogP) is 2.95. The van der Waals surface area contributed by atoms with Gasteiger partial charge in [0.25, 0.3) is 5.91 Å². The van der Waals surface area contributed by atoms with Crippen molar-refractivity contribution < 1.29 is 13.6 Å². The topological polar surface area (TPSA) is 46.3 Å². The molecule has 1 aliphatic carbocycles. The van der Waals surface area contributed by atoms with Gasteiger partial charge in [-0.05, 0) is 31.2 Å². The van der Waals surface area contributed by atoms with Crippen LogP contribution in [0.3, 0.4) is 0 Å². The van der Waals surface area contributed by atoms with Gasteiger partial charge in [0, 0.05) is 24.3 Å². The summed E-state index contributed by atoms with van der Waals surface area (Å²) in [5, 5.41) is 0. The lowest BCUT2D eigenvalue weighted by Crippen LogP contribution is -2.39. The minimum absolute atomic E-state index is 0.00756. The molecule has 1 heterocycles. The molecule has 3 rings (SSSR count). The molecule has 5 heteroatoms. The maximum Gasteiger partial charge on any atom is 0.256 e. The average Bonchev–Trinajstić information content (AvgIpc) is 2.86. The van der Waals surface area contributed by atoms with Crippen molar-refractivity contribution in [2.24, 2.45) is 5.92 Å². The Hall–Kier alpha value is -1.65. The third kappa shape index (κ3) is 2.15. The van der Waals surface area contributed by atoms with Gasteiger partial charge in [0.1, 0.15) is 0 Å². The average molecular weight is 280 g/mol. The highest BCUT2D eigenvalue weighted by molar-refractivity contribution is 5.99. The van der Waals surface area contributed by atoms with E-state index in [9.17, 15) is 13.6 Å². The summed E-state index contributed by atoms with van der Waals surface area (Å²) in [5.74, 6) is -1.76. The number of fused-ring (bicyclic) bond motifs is 1. The Balaban J connectivity index is 1.87. The highest BCUT2D eigenvalue weighted by Gasteiger charge is 2.38. The van der Waals surface area contributed by atoms with Gasteiger partial charge < -0.3 is 10.6 Å². The number of amides is 1.